The third kappa shape index (κ3) is 2.96. The van der Waals surface area contributed by atoms with Crippen LogP contribution in [-0.2, 0) is 0 Å². The van der Waals surface area contributed by atoms with Crippen molar-refractivity contribution in [3.8, 4) is 0 Å². The second kappa shape index (κ2) is 5.10. The smallest absolute Gasteiger partial charge is 0.00889 e. The summed E-state index contributed by atoms with van der Waals surface area (Å²) in [5, 5.41) is 0. The first-order chi connectivity index (χ1) is 5.74. The van der Waals surface area contributed by atoms with E-state index >= 15 is 0 Å². The Morgan fingerprint density at radius 3 is 2.92 bits per heavy atom. The van der Waals surface area contributed by atoms with E-state index in [2.05, 4.69) is 18.1 Å². The summed E-state index contributed by atoms with van der Waals surface area (Å²) in [6.45, 7) is 5.89. The molecular weight excluding hydrogens is 168 g/mol. The largest absolute Gasteiger partial charge is 0.327 e. The number of nitrogens with zero attached hydrogens (tertiary/aromatic N) is 1. The summed E-state index contributed by atoms with van der Waals surface area (Å²) < 4.78 is 0. The molecule has 1 rings (SSSR count). The van der Waals surface area contributed by atoms with Crippen LogP contribution in [0, 0.1) is 5.92 Å². The average molecular weight is 188 g/mol. The van der Waals surface area contributed by atoms with E-state index < -0.39 is 0 Å². The lowest BCUT2D eigenvalue weighted by Gasteiger charge is -2.34. The minimum atomic E-state index is 0.440. The number of thioether (sulfide) groups is 1. The van der Waals surface area contributed by atoms with E-state index in [0.29, 0.717) is 12.0 Å². The van der Waals surface area contributed by atoms with Crippen LogP contribution in [0.5, 0.6) is 0 Å². The predicted molar refractivity (Wildman–Crippen MR) is 56.6 cm³/mol. The van der Waals surface area contributed by atoms with Crippen molar-refractivity contribution in [2.24, 2.45) is 11.7 Å². The maximum Gasteiger partial charge on any atom is 0.00889 e. The summed E-state index contributed by atoms with van der Waals surface area (Å²) in [5.74, 6) is 1.93. The van der Waals surface area contributed by atoms with Crippen LogP contribution in [-0.4, -0.2) is 42.6 Å². The lowest BCUT2D eigenvalue weighted by molar-refractivity contribution is 0.173. The Hall–Kier alpha value is 0.270. The van der Waals surface area contributed by atoms with Gasteiger partial charge in [-0.2, -0.15) is 11.8 Å². The molecule has 72 valence electrons. The normalized spacial score (nSPS) is 32.2. The molecule has 2 nitrogen and oxygen atoms in total. The van der Waals surface area contributed by atoms with Crippen LogP contribution in [0.2, 0.25) is 0 Å². The molecule has 1 saturated heterocycles. The average Bonchev–Trinajstić information content (AvgIpc) is 2.07. The molecule has 0 amide bonds. The van der Waals surface area contributed by atoms with Gasteiger partial charge >= 0.3 is 0 Å². The molecule has 0 saturated carbocycles. The Morgan fingerprint density at radius 2 is 2.33 bits per heavy atom. The molecule has 1 fully saturated rings. The molecule has 0 radical (unpaired) electrons. The van der Waals surface area contributed by atoms with Gasteiger partial charge in [0.1, 0.15) is 0 Å². The van der Waals surface area contributed by atoms with E-state index in [-0.39, 0.29) is 0 Å². The molecule has 1 aliphatic heterocycles. The zero-order chi connectivity index (χ0) is 8.97. The van der Waals surface area contributed by atoms with Gasteiger partial charge in [-0.05, 0) is 25.1 Å². The second-order valence-electron chi connectivity index (χ2n) is 3.72. The maximum atomic E-state index is 5.94. The topological polar surface area (TPSA) is 29.3 Å². The zero-order valence-corrected chi connectivity index (χ0v) is 8.94. The molecule has 12 heavy (non-hydrogen) atoms. The van der Waals surface area contributed by atoms with E-state index in [9.17, 15) is 0 Å². The first kappa shape index (κ1) is 10.4. The van der Waals surface area contributed by atoms with Gasteiger partial charge in [-0.3, -0.25) is 0 Å². The summed E-state index contributed by atoms with van der Waals surface area (Å²) in [7, 11) is 0. The van der Waals surface area contributed by atoms with Crippen molar-refractivity contribution in [3.63, 3.8) is 0 Å². The molecule has 0 bridgehead atoms. The Morgan fingerprint density at radius 1 is 1.58 bits per heavy atom. The van der Waals surface area contributed by atoms with Crippen molar-refractivity contribution in [2.75, 3.05) is 31.6 Å². The molecule has 2 N–H and O–H groups in total. The van der Waals surface area contributed by atoms with Gasteiger partial charge in [-0.15, -0.1) is 0 Å². The van der Waals surface area contributed by atoms with Crippen molar-refractivity contribution in [1.82, 2.24) is 4.90 Å². The zero-order valence-electron chi connectivity index (χ0n) is 8.12. The number of nitrogens with two attached hydrogens (primary N) is 1. The maximum absolute atomic E-state index is 5.94. The van der Waals surface area contributed by atoms with E-state index in [0.717, 1.165) is 0 Å². The quantitative estimate of drug-likeness (QED) is 0.717. The molecule has 0 aromatic heterocycles. The van der Waals surface area contributed by atoms with Crippen LogP contribution in [0.4, 0.5) is 0 Å². The van der Waals surface area contributed by atoms with Crippen molar-refractivity contribution < 1.29 is 0 Å². The van der Waals surface area contributed by atoms with Gasteiger partial charge < -0.3 is 10.6 Å². The standard InChI is InChI=1S/C9H20N2S/c1-8-7-11(5-6-12-2)4-3-9(8)10/h8-9H,3-7,10H2,1-2H3. The second-order valence-corrected chi connectivity index (χ2v) is 4.71. The van der Waals surface area contributed by atoms with Crippen molar-refractivity contribution in [1.29, 1.82) is 0 Å². The lowest BCUT2D eigenvalue weighted by Crippen LogP contribution is -2.46. The minimum Gasteiger partial charge on any atom is -0.327 e. The molecule has 3 heteroatoms. The number of rotatable bonds is 3. The van der Waals surface area contributed by atoms with Crippen molar-refractivity contribution in [3.05, 3.63) is 0 Å². The van der Waals surface area contributed by atoms with Crippen LogP contribution >= 0.6 is 11.8 Å². The van der Waals surface area contributed by atoms with Gasteiger partial charge in [0.2, 0.25) is 0 Å². The summed E-state index contributed by atoms with van der Waals surface area (Å²) in [4.78, 5) is 2.53. The number of piperidine rings is 1. The fourth-order valence-electron chi connectivity index (χ4n) is 1.67. The molecule has 2 unspecified atom stereocenters. The predicted octanol–water partition coefficient (Wildman–Crippen LogP) is 1.02. The first-order valence-corrected chi connectivity index (χ1v) is 6.10. The lowest BCUT2D eigenvalue weighted by atomic mass is 9.95. The van der Waals surface area contributed by atoms with Gasteiger partial charge in [0.15, 0.2) is 0 Å². The number of likely N-dealkylation sites (tertiary alicyclic amines) is 1. The van der Waals surface area contributed by atoms with Gasteiger partial charge in [-0.1, -0.05) is 6.92 Å². The molecule has 0 aromatic carbocycles. The first-order valence-electron chi connectivity index (χ1n) is 4.71. The summed E-state index contributed by atoms with van der Waals surface area (Å²) in [6.07, 6.45) is 3.34. The molecule has 2 atom stereocenters. The Bertz CT molecular complexity index is 128. The number of hydrogen-bond acceptors (Lipinski definition) is 3. The monoisotopic (exact) mass is 188 g/mol. The molecule has 0 spiro atoms. The fourth-order valence-corrected chi connectivity index (χ4v) is 2.11. The Kier molecular flexibility index (Phi) is 4.40. The number of hydrogen-bond donors (Lipinski definition) is 1. The molecule has 1 heterocycles. The molecule has 0 aromatic rings. The highest BCUT2D eigenvalue weighted by molar-refractivity contribution is 7.98. The third-order valence-electron chi connectivity index (χ3n) is 2.67. The van der Waals surface area contributed by atoms with Gasteiger partial charge in [0.05, 0.1) is 0 Å². The van der Waals surface area contributed by atoms with Crippen LogP contribution in [0.15, 0.2) is 0 Å². The van der Waals surface area contributed by atoms with Gasteiger partial charge in [-0.25, -0.2) is 0 Å². The summed E-state index contributed by atoms with van der Waals surface area (Å²) in [6, 6.07) is 0.440. The SMILES string of the molecule is CSCCN1CCC(N)C(C)C1. The van der Waals surface area contributed by atoms with E-state index in [1.807, 2.05) is 11.8 Å². The van der Waals surface area contributed by atoms with Crippen molar-refractivity contribution in [2.45, 2.75) is 19.4 Å². The third-order valence-corrected chi connectivity index (χ3v) is 3.26. The van der Waals surface area contributed by atoms with E-state index in [1.54, 1.807) is 0 Å². The highest BCUT2D eigenvalue weighted by Crippen LogP contribution is 2.14. The fraction of sp³-hybridized carbons (Fsp3) is 1.00. The highest BCUT2D eigenvalue weighted by Gasteiger charge is 2.22. The van der Waals surface area contributed by atoms with Gasteiger partial charge in [0.25, 0.3) is 0 Å². The van der Waals surface area contributed by atoms with Crippen molar-refractivity contribution >= 4 is 11.8 Å². The molecule has 0 aliphatic carbocycles. The molecular formula is C9H20N2S. The van der Waals surface area contributed by atoms with Gasteiger partial charge in [0, 0.05) is 24.9 Å². The Labute approximate surface area is 79.9 Å². The molecule has 1 aliphatic rings. The van der Waals surface area contributed by atoms with Crippen LogP contribution in [0.1, 0.15) is 13.3 Å². The summed E-state index contributed by atoms with van der Waals surface area (Å²) >= 11 is 1.92. The Balaban J connectivity index is 2.21. The minimum absolute atomic E-state index is 0.440. The van der Waals surface area contributed by atoms with E-state index in [1.165, 1.54) is 31.8 Å². The van der Waals surface area contributed by atoms with E-state index in [4.69, 9.17) is 5.73 Å². The van der Waals surface area contributed by atoms with Crippen LogP contribution in [0.25, 0.3) is 0 Å². The highest BCUT2D eigenvalue weighted by atomic mass is 32.2. The summed E-state index contributed by atoms with van der Waals surface area (Å²) in [5.41, 5.74) is 5.94. The van der Waals surface area contributed by atoms with Crippen LogP contribution in [0.3, 0.4) is 0 Å². The van der Waals surface area contributed by atoms with Crippen LogP contribution < -0.4 is 5.73 Å².